The fourth-order valence-corrected chi connectivity index (χ4v) is 2.87. The zero-order valence-corrected chi connectivity index (χ0v) is 11.5. The summed E-state index contributed by atoms with van der Waals surface area (Å²) in [7, 11) is 2.15. The molecule has 100 valence electrons. The summed E-state index contributed by atoms with van der Waals surface area (Å²) in [6, 6.07) is 5.62. The topological polar surface area (TPSA) is 49.5 Å². The lowest BCUT2D eigenvalue weighted by Gasteiger charge is -2.29. The van der Waals surface area contributed by atoms with Crippen molar-refractivity contribution in [1.29, 1.82) is 0 Å². The summed E-state index contributed by atoms with van der Waals surface area (Å²) >= 11 is 6.35. The summed E-state index contributed by atoms with van der Waals surface area (Å²) in [5.41, 5.74) is 7.92. The average Bonchev–Trinajstić information content (AvgIpc) is 2.39. The van der Waals surface area contributed by atoms with Crippen molar-refractivity contribution in [2.24, 2.45) is 5.73 Å². The Morgan fingerprint density at radius 1 is 1.44 bits per heavy atom. The van der Waals surface area contributed by atoms with E-state index in [0.29, 0.717) is 5.92 Å². The van der Waals surface area contributed by atoms with Crippen LogP contribution in [0, 0.1) is 0 Å². The molecule has 3 N–H and O–H groups in total. The van der Waals surface area contributed by atoms with Crippen LogP contribution in [0.5, 0.6) is 0 Å². The number of benzene rings is 1. The molecular weight excluding hydrogens is 248 g/mol. The molecule has 0 radical (unpaired) electrons. The second-order valence-corrected chi connectivity index (χ2v) is 5.55. The van der Waals surface area contributed by atoms with Crippen molar-refractivity contribution in [3.63, 3.8) is 0 Å². The second-order valence-electron chi connectivity index (χ2n) is 5.15. The van der Waals surface area contributed by atoms with Crippen LogP contribution >= 0.6 is 11.6 Å². The molecule has 1 atom stereocenters. The minimum absolute atomic E-state index is 0.0517. The van der Waals surface area contributed by atoms with E-state index in [-0.39, 0.29) is 12.6 Å². The van der Waals surface area contributed by atoms with Crippen molar-refractivity contribution in [3.8, 4) is 0 Å². The van der Waals surface area contributed by atoms with Gasteiger partial charge in [-0.3, -0.25) is 0 Å². The number of aliphatic hydroxyl groups is 1. The van der Waals surface area contributed by atoms with Gasteiger partial charge in [-0.25, -0.2) is 0 Å². The molecule has 1 aromatic carbocycles. The van der Waals surface area contributed by atoms with Gasteiger partial charge < -0.3 is 15.7 Å². The average molecular weight is 269 g/mol. The first-order chi connectivity index (χ1) is 8.61. The maximum absolute atomic E-state index is 9.05. The molecule has 0 spiro atoms. The Balaban J connectivity index is 2.14. The number of nitrogens with zero attached hydrogens (tertiary/aromatic N) is 1. The molecule has 1 aliphatic heterocycles. The zero-order valence-electron chi connectivity index (χ0n) is 10.8. The Labute approximate surface area is 114 Å². The monoisotopic (exact) mass is 268 g/mol. The van der Waals surface area contributed by atoms with Crippen LogP contribution in [0.1, 0.15) is 35.9 Å². The Kier molecular flexibility index (Phi) is 4.62. The van der Waals surface area contributed by atoms with E-state index < -0.39 is 0 Å². The predicted molar refractivity (Wildman–Crippen MR) is 74.9 cm³/mol. The van der Waals surface area contributed by atoms with Crippen LogP contribution in [-0.4, -0.2) is 36.8 Å². The van der Waals surface area contributed by atoms with Gasteiger partial charge in [-0.2, -0.15) is 0 Å². The van der Waals surface area contributed by atoms with E-state index in [1.165, 1.54) is 5.56 Å². The van der Waals surface area contributed by atoms with Gasteiger partial charge in [-0.15, -0.1) is 0 Å². The molecule has 0 saturated carbocycles. The minimum atomic E-state index is -0.339. The van der Waals surface area contributed by atoms with Crippen molar-refractivity contribution in [2.75, 3.05) is 26.7 Å². The third-order valence-electron chi connectivity index (χ3n) is 3.81. The molecule has 0 amide bonds. The van der Waals surface area contributed by atoms with Gasteiger partial charge in [0.2, 0.25) is 0 Å². The minimum Gasteiger partial charge on any atom is -0.394 e. The Hall–Kier alpha value is -0.610. The van der Waals surface area contributed by atoms with Crippen LogP contribution in [0.4, 0.5) is 0 Å². The smallest absolute Gasteiger partial charge is 0.0624 e. The second kappa shape index (κ2) is 6.02. The largest absolute Gasteiger partial charge is 0.394 e. The summed E-state index contributed by atoms with van der Waals surface area (Å²) < 4.78 is 0. The predicted octanol–water partition coefficient (Wildman–Crippen LogP) is 2.14. The summed E-state index contributed by atoms with van der Waals surface area (Å²) in [6.07, 6.45) is 2.31. The lowest BCUT2D eigenvalue weighted by molar-refractivity contribution is 0.255. The molecule has 1 unspecified atom stereocenters. The molecule has 0 aliphatic carbocycles. The lowest BCUT2D eigenvalue weighted by atomic mass is 9.88. The van der Waals surface area contributed by atoms with E-state index in [0.717, 1.165) is 36.5 Å². The van der Waals surface area contributed by atoms with E-state index in [1.54, 1.807) is 0 Å². The third-order valence-corrected chi connectivity index (χ3v) is 4.14. The van der Waals surface area contributed by atoms with Crippen LogP contribution in [0.3, 0.4) is 0 Å². The maximum Gasteiger partial charge on any atom is 0.0624 e. The fourth-order valence-electron chi connectivity index (χ4n) is 2.53. The van der Waals surface area contributed by atoms with E-state index in [4.69, 9.17) is 22.4 Å². The van der Waals surface area contributed by atoms with Crippen LogP contribution < -0.4 is 5.73 Å². The quantitative estimate of drug-likeness (QED) is 0.883. The molecule has 4 heteroatoms. The summed E-state index contributed by atoms with van der Waals surface area (Å²) in [5.74, 6) is 0.549. The van der Waals surface area contributed by atoms with Gasteiger partial charge in [-0.05, 0) is 56.1 Å². The number of aliphatic hydroxyl groups excluding tert-OH is 1. The highest BCUT2D eigenvalue weighted by Gasteiger charge is 2.20. The number of nitrogens with two attached hydrogens (primary N) is 1. The van der Waals surface area contributed by atoms with Crippen molar-refractivity contribution >= 4 is 11.6 Å². The number of hydrogen-bond donors (Lipinski definition) is 2. The molecule has 0 bridgehead atoms. The number of halogens is 1. The molecule has 3 nitrogen and oxygen atoms in total. The molecule has 1 fully saturated rings. The number of rotatable bonds is 3. The molecule has 1 aromatic rings. The Morgan fingerprint density at radius 3 is 2.67 bits per heavy atom. The van der Waals surface area contributed by atoms with Gasteiger partial charge in [0.15, 0.2) is 0 Å². The van der Waals surface area contributed by atoms with E-state index in [1.807, 2.05) is 12.1 Å². The summed E-state index contributed by atoms with van der Waals surface area (Å²) in [4.78, 5) is 2.35. The van der Waals surface area contributed by atoms with Crippen LogP contribution in [0.25, 0.3) is 0 Å². The zero-order chi connectivity index (χ0) is 13.1. The number of likely N-dealkylation sites (tertiary alicyclic amines) is 1. The Bertz CT molecular complexity index is 403. The molecule has 1 heterocycles. The summed E-state index contributed by atoms with van der Waals surface area (Å²) in [5, 5.41) is 9.84. The SMILES string of the molecule is CN1CCC(c2ccc(C(N)CO)cc2Cl)CC1. The highest BCUT2D eigenvalue weighted by Crippen LogP contribution is 2.33. The summed E-state index contributed by atoms with van der Waals surface area (Å²) in [6.45, 7) is 2.20. The fraction of sp³-hybridized carbons (Fsp3) is 0.571. The number of hydrogen-bond acceptors (Lipinski definition) is 3. The first kappa shape index (κ1) is 13.8. The van der Waals surface area contributed by atoms with Crippen LogP contribution in [-0.2, 0) is 0 Å². The van der Waals surface area contributed by atoms with Crippen molar-refractivity contribution in [3.05, 3.63) is 34.3 Å². The standard InChI is InChI=1S/C14H21ClN2O/c1-17-6-4-10(5-7-17)12-3-2-11(8-13(12)15)14(16)9-18/h2-3,8,10,14,18H,4-7,9,16H2,1H3. The van der Waals surface area contributed by atoms with Crippen molar-refractivity contribution in [2.45, 2.75) is 24.8 Å². The number of piperidine rings is 1. The lowest BCUT2D eigenvalue weighted by Crippen LogP contribution is -2.29. The van der Waals surface area contributed by atoms with Crippen LogP contribution in [0.2, 0.25) is 5.02 Å². The molecular formula is C14H21ClN2O. The first-order valence-electron chi connectivity index (χ1n) is 6.46. The first-order valence-corrected chi connectivity index (χ1v) is 6.84. The Morgan fingerprint density at radius 2 is 2.11 bits per heavy atom. The molecule has 2 rings (SSSR count). The highest BCUT2D eigenvalue weighted by atomic mass is 35.5. The van der Waals surface area contributed by atoms with Gasteiger partial charge >= 0.3 is 0 Å². The third kappa shape index (κ3) is 3.04. The van der Waals surface area contributed by atoms with Gasteiger partial charge in [0.25, 0.3) is 0 Å². The van der Waals surface area contributed by atoms with E-state index >= 15 is 0 Å². The van der Waals surface area contributed by atoms with Gasteiger partial charge in [-0.1, -0.05) is 23.7 Å². The molecule has 1 saturated heterocycles. The normalized spacial score (nSPS) is 20.0. The maximum atomic E-state index is 9.05. The molecule has 1 aliphatic rings. The van der Waals surface area contributed by atoms with Gasteiger partial charge in [0.1, 0.15) is 0 Å². The van der Waals surface area contributed by atoms with Crippen molar-refractivity contribution < 1.29 is 5.11 Å². The molecule has 18 heavy (non-hydrogen) atoms. The molecule has 0 aromatic heterocycles. The highest BCUT2D eigenvalue weighted by molar-refractivity contribution is 6.31. The van der Waals surface area contributed by atoms with E-state index in [2.05, 4.69) is 18.0 Å². The van der Waals surface area contributed by atoms with Crippen molar-refractivity contribution in [1.82, 2.24) is 4.90 Å². The van der Waals surface area contributed by atoms with Crippen LogP contribution in [0.15, 0.2) is 18.2 Å². The van der Waals surface area contributed by atoms with Gasteiger partial charge in [0.05, 0.1) is 12.6 Å². The van der Waals surface area contributed by atoms with E-state index in [9.17, 15) is 0 Å². The van der Waals surface area contributed by atoms with Gasteiger partial charge in [0, 0.05) is 5.02 Å².